The molecule has 13 heteroatoms. The Morgan fingerprint density at radius 1 is 1.22 bits per heavy atom. The van der Waals surface area contributed by atoms with Crippen LogP contribution >= 0.6 is 11.8 Å². The highest BCUT2D eigenvalue weighted by atomic mass is 32.2. The van der Waals surface area contributed by atoms with Crippen LogP contribution in [0.15, 0.2) is 35.2 Å². The van der Waals surface area contributed by atoms with Crippen molar-refractivity contribution in [2.45, 2.75) is 74.1 Å². The van der Waals surface area contributed by atoms with Gasteiger partial charge in [0, 0.05) is 22.1 Å². The number of carbonyl (C=O) groups excluding carboxylic acids is 3. The van der Waals surface area contributed by atoms with Crippen molar-refractivity contribution in [1.29, 1.82) is 0 Å². The molecule has 1 aromatic carbocycles. The summed E-state index contributed by atoms with van der Waals surface area (Å²) in [7, 11) is -4.93. The first kappa shape index (κ1) is 30.9. The predicted octanol–water partition coefficient (Wildman–Crippen LogP) is 1.92. The van der Waals surface area contributed by atoms with Gasteiger partial charge in [0.05, 0.1) is 6.04 Å². The molecule has 0 radical (unpaired) electrons. The number of rotatable bonds is 13. The fourth-order valence-electron chi connectivity index (χ4n) is 3.88. The van der Waals surface area contributed by atoms with E-state index in [1.807, 2.05) is 58.0 Å². The van der Waals surface area contributed by atoms with E-state index in [-0.39, 0.29) is 31.3 Å². The fraction of sp³-hybridized carbons (Fsp3) is 0.625. The molecule has 0 unspecified atom stereocenters. The van der Waals surface area contributed by atoms with Crippen molar-refractivity contribution in [1.82, 2.24) is 16.0 Å². The van der Waals surface area contributed by atoms with Crippen LogP contribution in [0.25, 0.3) is 0 Å². The van der Waals surface area contributed by atoms with Crippen LogP contribution in [-0.2, 0) is 24.4 Å². The average molecular weight is 560 g/mol. The van der Waals surface area contributed by atoms with Crippen molar-refractivity contribution in [3.05, 3.63) is 30.3 Å². The van der Waals surface area contributed by atoms with Crippen LogP contribution in [0.2, 0.25) is 0 Å². The van der Waals surface area contributed by atoms with Gasteiger partial charge in [-0.1, -0.05) is 32.0 Å². The number of benzene rings is 1. The van der Waals surface area contributed by atoms with Gasteiger partial charge >= 0.3 is 6.09 Å². The zero-order valence-electron chi connectivity index (χ0n) is 21.5. The lowest BCUT2D eigenvalue weighted by Gasteiger charge is -2.28. The largest absolute Gasteiger partial charge is 0.448 e. The van der Waals surface area contributed by atoms with Gasteiger partial charge in [-0.3, -0.25) is 14.1 Å². The highest BCUT2D eigenvalue weighted by molar-refractivity contribution is 8.00. The van der Waals surface area contributed by atoms with Crippen LogP contribution in [0.4, 0.5) is 4.79 Å². The lowest BCUT2D eigenvalue weighted by atomic mass is 9.97. The summed E-state index contributed by atoms with van der Waals surface area (Å²) in [5.74, 6) is -1.79. The van der Waals surface area contributed by atoms with Gasteiger partial charge in [0.25, 0.3) is 10.1 Å². The lowest BCUT2D eigenvalue weighted by Crippen LogP contribution is -2.55. The molecule has 0 aromatic heterocycles. The minimum Gasteiger partial charge on any atom is -0.448 e. The number of alkyl carbamates (subject to hydrolysis) is 1. The van der Waals surface area contributed by atoms with Gasteiger partial charge in [-0.25, -0.2) is 4.79 Å². The summed E-state index contributed by atoms with van der Waals surface area (Å²) in [5, 5.41) is 17.7. The highest BCUT2D eigenvalue weighted by Gasteiger charge is 2.38. The maximum absolute atomic E-state index is 13.1. The van der Waals surface area contributed by atoms with Gasteiger partial charge in [0.15, 0.2) is 0 Å². The number of thioether (sulfide) groups is 1. The van der Waals surface area contributed by atoms with Gasteiger partial charge in [-0.05, 0) is 51.2 Å². The van der Waals surface area contributed by atoms with Crippen molar-refractivity contribution < 1.29 is 37.2 Å². The quantitative estimate of drug-likeness (QED) is 0.179. The van der Waals surface area contributed by atoms with Gasteiger partial charge in [-0.15, -0.1) is 11.8 Å². The Morgan fingerprint density at radius 3 is 2.41 bits per heavy atom. The molecule has 5 N–H and O–H groups in total. The van der Waals surface area contributed by atoms with E-state index in [9.17, 15) is 32.5 Å². The van der Waals surface area contributed by atoms with Gasteiger partial charge in [0.2, 0.25) is 17.3 Å². The van der Waals surface area contributed by atoms with Crippen molar-refractivity contribution in [3.8, 4) is 0 Å². The molecule has 1 saturated heterocycles. The molecule has 208 valence electrons. The summed E-state index contributed by atoms with van der Waals surface area (Å²) >= 11 is 1.53. The smallest absolute Gasteiger partial charge is 0.407 e. The van der Waals surface area contributed by atoms with Crippen molar-refractivity contribution >= 4 is 39.8 Å². The number of hydrogen-bond donors (Lipinski definition) is 5. The molecule has 3 amide bonds. The van der Waals surface area contributed by atoms with Crippen LogP contribution in [0, 0.1) is 11.8 Å². The Morgan fingerprint density at radius 2 is 1.86 bits per heavy atom. The fourth-order valence-corrected chi connectivity index (χ4v) is 5.52. The first-order chi connectivity index (χ1) is 17.2. The van der Waals surface area contributed by atoms with Crippen LogP contribution in [0.5, 0.6) is 0 Å². The van der Waals surface area contributed by atoms with E-state index in [4.69, 9.17) is 4.74 Å². The van der Waals surface area contributed by atoms with Crippen LogP contribution in [0.1, 0.15) is 47.0 Å². The lowest BCUT2D eigenvalue weighted by molar-refractivity contribution is -0.126. The topological polar surface area (TPSA) is 171 Å². The SMILES string of the molecule is CC(C)C[C@H](NC(=O)OCC(C)(C)Sc1ccccc1)C(=O)N[C@@H](C[C@@H]1CCNC1=O)[C@@H](O)S(=O)(=O)O. The number of aliphatic hydroxyl groups excluding tert-OH is 1. The average Bonchev–Trinajstić information content (AvgIpc) is 3.20. The first-order valence-corrected chi connectivity index (χ1v) is 14.4. The Labute approximate surface area is 222 Å². The van der Waals surface area contributed by atoms with Crippen molar-refractivity contribution in [3.63, 3.8) is 0 Å². The highest BCUT2D eigenvalue weighted by Crippen LogP contribution is 2.32. The molecule has 1 fully saturated rings. The standard InChI is InChI=1S/C24H37N3O8S2/c1-15(2)12-18(27-23(31)35-14-24(3,4)36-17-8-6-5-7-9-17)21(29)26-19(22(30)37(32,33)34)13-16-10-11-25-20(16)28/h5-9,15-16,18-19,22,30H,10-14H2,1-4H3,(H,25,28)(H,26,29)(H,27,31)(H,32,33,34)/t16-,18-,19-,22-/m0/s1. The Balaban J connectivity index is 2.05. The van der Waals surface area contributed by atoms with Crippen molar-refractivity contribution in [2.75, 3.05) is 13.2 Å². The van der Waals surface area contributed by atoms with E-state index in [1.165, 1.54) is 11.8 Å². The number of carbonyl (C=O) groups is 3. The van der Waals surface area contributed by atoms with Crippen LogP contribution in [0.3, 0.4) is 0 Å². The number of amides is 3. The molecular formula is C24H37N3O8S2. The molecule has 1 aliphatic heterocycles. The third-order valence-electron chi connectivity index (χ3n) is 5.68. The second-order valence-electron chi connectivity index (χ2n) is 10.1. The molecular weight excluding hydrogens is 522 g/mol. The molecule has 0 spiro atoms. The predicted molar refractivity (Wildman–Crippen MR) is 139 cm³/mol. The monoisotopic (exact) mass is 559 g/mol. The van der Waals surface area contributed by atoms with E-state index in [2.05, 4.69) is 16.0 Å². The van der Waals surface area contributed by atoms with E-state index in [0.29, 0.717) is 13.0 Å². The van der Waals surface area contributed by atoms with Gasteiger partial charge < -0.3 is 25.8 Å². The summed E-state index contributed by atoms with van der Waals surface area (Å²) in [6.07, 6.45) is -0.450. The summed E-state index contributed by atoms with van der Waals surface area (Å²) in [4.78, 5) is 38.6. The minimum atomic E-state index is -4.93. The number of ether oxygens (including phenoxy) is 1. The Bertz CT molecular complexity index is 1030. The Hall–Kier alpha value is -2.35. The number of aliphatic hydroxyl groups is 1. The zero-order chi connectivity index (χ0) is 27.8. The third-order valence-corrected chi connectivity index (χ3v) is 7.80. The van der Waals surface area contributed by atoms with Crippen molar-refractivity contribution in [2.24, 2.45) is 11.8 Å². The molecule has 0 bridgehead atoms. The Kier molecular flexibility index (Phi) is 11.2. The number of hydrogen-bond acceptors (Lipinski definition) is 8. The van der Waals surface area contributed by atoms with E-state index >= 15 is 0 Å². The second kappa shape index (κ2) is 13.4. The zero-order valence-corrected chi connectivity index (χ0v) is 23.1. The normalized spacial score (nSPS) is 18.6. The van der Waals surface area contributed by atoms with E-state index < -0.39 is 50.3 Å². The number of nitrogens with one attached hydrogen (secondary N) is 3. The maximum atomic E-state index is 13.1. The molecule has 1 aromatic rings. The molecule has 37 heavy (non-hydrogen) atoms. The van der Waals surface area contributed by atoms with Crippen LogP contribution < -0.4 is 16.0 Å². The molecule has 2 rings (SSSR count). The van der Waals surface area contributed by atoms with Crippen LogP contribution in [-0.4, -0.2) is 71.4 Å². The van der Waals surface area contributed by atoms with Gasteiger partial charge in [0.1, 0.15) is 12.6 Å². The van der Waals surface area contributed by atoms with Gasteiger partial charge in [-0.2, -0.15) is 8.42 Å². The van der Waals surface area contributed by atoms with E-state index in [0.717, 1.165) is 4.90 Å². The minimum absolute atomic E-state index is 0.0355. The summed E-state index contributed by atoms with van der Waals surface area (Å²) in [5.41, 5.74) is -2.34. The molecule has 4 atom stereocenters. The summed E-state index contributed by atoms with van der Waals surface area (Å²) < 4.78 is 37.5. The van der Waals surface area contributed by atoms with E-state index in [1.54, 1.807) is 0 Å². The first-order valence-electron chi connectivity index (χ1n) is 12.1. The third kappa shape index (κ3) is 10.5. The molecule has 1 aliphatic rings. The molecule has 0 saturated carbocycles. The second-order valence-corrected chi connectivity index (χ2v) is 13.4. The molecule has 11 nitrogen and oxygen atoms in total. The summed E-state index contributed by atoms with van der Waals surface area (Å²) in [6.45, 7) is 7.93. The maximum Gasteiger partial charge on any atom is 0.407 e. The molecule has 0 aliphatic carbocycles. The summed E-state index contributed by atoms with van der Waals surface area (Å²) in [6, 6.07) is 7.04. The molecule has 1 heterocycles.